The Morgan fingerprint density at radius 2 is 1.88 bits per heavy atom. The van der Waals surface area contributed by atoms with Crippen molar-refractivity contribution >= 4 is 10.9 Å². The molecule has 1 aromatic carbocycles. The third-order valence-electron chi connectivity index (χ3n) is 6.08. The zero-order valence-electron chi connectivity index (χ0n) is 13.9. The van der Waals surface area contributed by atoms with Crippen LogP contribution in [0.4, 0.5) is 0 Å². The predicted molar refractivity (Wildman–Crippen MR) is 93.1 cm³/mol. The van der Waals surface area contributed by atoms with E-state index in [-0.39, 0.29) is 5.41 Å². The fourth-order valence-electron chi connectivity index (χ4n) is 4.99. The molecule has 122 valence electrons. The van der Waals surface area contributed by atoms with Gasteiger partial charge in [0.15, 0.2) is 0 Å². The molecule has 0 bridgehead atoms. The van der Waals surface area contributed by atoms with Crippen molar-refractivity contribution in [1.82, 2.24) is 9.88 Å². The fourth-order valence-corrected chi connectivity index (χ4v) is 4.99. The van der Waals surface area contributed by atoms with Gasteiger partial charge in [-0.15, -0.1) is 0 Å². The standard InChI is InChI=1S/C20H22N4/c21-11-3-8-20(9-4-12-22)10-14-24-13-7-16-15-5-1-2-6-17(15)23-18(16)19(20)24/h1-2,5-6,19,23H,3-4,7-10,13-14H2. The molecule has 1 unspecified atom stereocenters. The van der Waals surface area contributed by atoms with Crippen molar-refractivity contribution in [1.29, 1.82) is 10.5 Å². The second-order valence-electron chi connectivity index (χ2n) is 7.18. The molecule has 0 aliphatic carbocycles. The van der Waals surface area contributed by atoms with E-state index in [1.807, 2.05) is 0 Å². The first-order valence-electron chi connectivity index (χ1n) is 8.86. The van der Waals surface area contributed by atoms with Crippen LogP contribution in [0, 0.1) is 28.1 Å². The van der Waals surface area contributed by atoms with Crippen molar-refractivity contribution in [2.75, 3.05) is 13.1 Å². The summed E-state index contributed by atoms with van der Waals surface area (Å²) >= 11 is 0. The van der Waals surface area contributed by atoms with E-state index in [0.29, 0.717) is 18.9 Å². The molecule has 0 saturated carbocycles. The van der Waals surface area contributed by atoms with Gasteiger partial charge in [-0.3, -0.25) is 4.90 Å². The van der Waals surface area contributed by atoms with Gasteiger partial charge in [0, 0.05) is 36.0 Å². The van der Waals surface area contributed by atoms with Gasteiger partial charge in [0.25, 0.3) is 0 Å². The molecule has 0 amide bonds. The van der Waals surface area contributed by atoms with Gasteiger partial charge in [0.05, 0.1) is 18.2 Å². The van der Waals surface area contributed by atoms with Crippen LogP contribution in [0.1, 0.15) is 49.4 Å². The SMILES string of the molecule is N#CCCC1(CCC#N)CCN2CCc3c([nH]c4ccccc34)C21. The molecule has 0 radical (unpaired) electrons. The average molecular weight is 318 g/mol. The minimum atomic E-state index is 0.0570. The molecule has 4 rings (SSSR count). The number of H-pyrrole nitrogens is 1. The van der Waals surface area contributed by atoms with E-state index >= 15 is 0 Å². The third-order valence-corrected chi connectivity index (χ3v) is 6.08. The quantitative estimate of drug-likeness (QED) is 0.924. The highest BCUT2D eigenvalue weighted by molar-refractivity contribution is 5.85. The Bertz CT molecular complexity index is 817. The van der Waals surface area contributed by atoms with Gasteiger partial charge in [-0.05, 0) is 49.3 Å². The van der Waals surface area contributed by atoms with E-state index in [2.05, 4.69) is 46.3 Å². The van der Waals surface area contributed by atoms with Gasteiger partial charge in [-0.1, -0.05) is 18.2 Å². The number of hydrogen-bond donors (Lipinski definition) is 1. The maximum atomic E-state index is 9.14. The summed E-state index contributed by atoms with van der Waals surface area (Å²) in [5, 5.41) is 19.6. The van der Waals surface area contributed by atoms with Crippen LogP contribution in [0.3, 0.4) is 0 Å². The minimum Gasteiger partial charge on any atom is -0.357 e. The number of nitrogens with zero attached hydrogens (tertiary/aromatic N) is 3. The molecule has 1 saturated heterocycles. The lowest BCUT2D eigenvalue weighted by molar-refractivity contribution is 0.123. The van der Waals surface area contributed by atoms with Gasteiger partial charge in [-0.2, -0.15) is 10.5 Å². The van der Waals surface area contributed by atoms with E-state index in [1.54, 1.807) is 0 Å². The largest absolute Gasteiger partial charge is 0.357 e. The zero-order chi connectivity index (χ0) is 16.6. The third kappa shape index (κ3) is 2.22. The molecule has 2 aromatic rings. The summed E-state index contributed by atoms with van der Waals surface area (Å²) in [5.41, 5.74) is 4.07. The van der Waals surface area contributed by atoms with E-state index in [9.17, 15) is 0 Å². The van der Waals surface area contributed by atoms with Crippen molar-refractivity contribution in [3.05, 3.63) is 35.5 Å². The van der Waals surface area contributed by atoms with Crippen molar-refractivity contribution in [3.63, 3.8) is 0 Å². The Morgan fingerprint density at radius 1 is 1.12 bits per heavy atom. The van der Waals surface area contributed by atoms with Gasteiger partial charge < -0.3 is 4.98 Å². The maximum Gasteiger partial charge on any atom is 0.0621 e. The number of fused-ring (bicyclic) bond motifs is 5. The summed E-state index contributed by atoms with van der Waals surface area (Å²) in [6.45, 7) is 2.16. The van der Waals surface area contributed by atoms with E-state index in [1.165, 1.54) is 22.2 Å². The Kier molecular flexibility index (Phi) is 3.79. The number of aromatic nitrogens is 1. The summed E-state index contributed by atoms with van der Waals surface area (Å²) < 4.78 is 0. The van der Waals surface area contributed by atoms with Crippen molar-refractivity contribution in [2.24, 2.45) is 5.41 Å². The van der Waals surface area contributed by atoms with Crippen LogP contribution < -0.4 is 0 Å². The second-order valence-corrected chi connectivity index (χ2v) is 7.18. The molecule has 1 fully saturated rings. The van der Waals surface area contributed by atoms with Gasteiger partial charge in [-0.25, -0.2) is 0 Å². The summed E-state index contributed by atoms with van der Waals surface area (Å²) in [5.74, 6) is 0. The molecule has 4 heteroatoms. The molecule has 2 aliphatic heterocycles. The van der Waals surface area contributed by atoms with Crippen LogP contribution >= 0.6 is 0 Å². The average Bonchev–Trinajstić information content (AvgIpc) is 3.17. The van der Waals surface area contributed by atoms with Crippen LogP contribution in [0.25, 0.3) is 10.9 Å². The molecule has 24 heavy (non-hydrogen) atoms. The first-order chi connectivity index (χ1) is 11.8. The van der Waals surface area contributed by atoms with Gasteiger partial charge in [0.2, 0.25) is 0 Å². The first kappa shape index (κ1) is 15.2. The van der Waals surface area contributed by atoms with Gasteiger partial charge >= 0.3 is 0 Å². The molecular formula is C20H22N4. The van der Waals surface area contributed by atoms with Crippen LogP contribution in [0.5, 0.6) is 0 Å². The van der Waals surface area contributed by atoms with Crippen LogP contribution in [0.15, 0.2) is 24.3 Å². The highest BCUT2D eigenvalue weighted by Gasteiger charge is 2.50. The maximum absolute atomic E-state index is 9.14. The Morgan fingerprint density at radius 3 is 2.62 bits per heavy atom. The molecule has 1 N–H and O–H groups in total. The molecule has 1 aromatic heterocycles. The van der Waals surface area contributed by atoms with Gasteiger partial charge in [0.1, 0.15) is 0 Å². The number of hydrogen-bond acceptors (Lipinski definition) is 3. The summed E-state index contributed by atoms with van der Waals surface area (Å²) in [6.07, 6.45) is 5.11. The highest BCUT2D eigenvalue weighted by Crippen LogP contribution is 2.55. The lowest BCUT2D eigenvalue weighted by Crippen LogP contribution is -2.37. The lowest BCUT2D eigenvalue weighted by Gasteiger charge is -2.40. The zero-order valence-corrected chi connectivity index (χ0v) is 13.9. The van der Waals surface area contributed by atoms with Crippen LogP contribution in [-0.2, 0) is 6.42 Å². The number of rotatable bonds is 4. The highest BCUT2D eigenvalue weighted by atomic mass is 15.2. The van der Waals surface area contributed by atoms with E-state index in [0.717, 1.165) is 38.8 Å². The number of benzene rings is 1. The molecule has 1 atom stereocenters. The van der Waals surface area contributed by atoms with Crippen LogP contribution in [0.2, 0.25) is 0 Å². The van der Waals surface area contributed by atoms with Crippen molar-refractivity contribution in [2.45, 2.75) is 44.6 Å². The Labute approximate surface area is 142 Å². The Balaban J connectivity index is 1.81. The minimum absolute atomic E-state index is 0.0570. The number of aromatic amines is 1. The number of para-hydroxylation sites is 1. The van der Waals surface area contributed by atoms with E-state index in [4.69, 9.17) is 10.5 Å². The molecule has 2 aliphatic rings. The van der Waals surface area contributed by atoms with Crippen LogP contribution in [-0.4, -0.2) is 23.0 Å². The molecule has 4 nitrogen and oxygen atoms in total. The molecule has 3 heterocycles. The topological polar surface area (TPSA) is 66.6 Å². The second kappa shape index (κ2) is 5.96. The summed E-state index contributed by atoms with van der Waals surface area (Å²) in [4.78, 5) is 6.26. The fraction of sp³-hybridized carbons (Fsp3) is 0.500. The summed E-state index contributed by atoms with van der Waals surface area (Å²) in [6, 6.07) is 13.5. The number of nitrogens with one attached hydrogen (secondary N) is 1. The van der Waals surface area contributed by atoms with E-state index < -0.39 is 0 Å². The smallest absolute Gasteiger partial charge is 0.0621 e. The first-order valence-corrected chi connectivity index (χ1v) is 8.86. The normalized spacial score (nSPS) is 21.8. The monoisotopic (exact) mass is 318 g/mol. The van der Waals surface area contributed by atoms with Crippen molar-refractivity contribution in [3.8, 4) is 12.1 Å². The summed E-state index contributed by atoms with van der Waals surface area (Å²) in [7, 11) is 0. The van der Waals surface area contributed by atoms with Crippen molar-refractivity contribution < 1.29 is 0 Å². The molecule has 0 spiro atoms. The lowest BCUT2D eigenvalue weighted by atomic mass is 9.70. The molecular weight excluding hydrogens is 296 g/mol. The number of nitriles is 2. The Hall–Kier alpha value is -2.30. The predicted octanol–water partition coefficient (Wildman–Crippen LogP) is 4.06.